The zero-order valence-electron chi connectivity index (χ0n) is 11.5. The maximum absolute atomic E-state index is 11.0. The van der Waals surface area contributed by atoms with E-state index in [-0.39, 0.29) is 0 Å². The van der Waals surface area contributed by atoms with Gasteiger partial charge in [0, 0.05) is 19.1 Å². The number of hydrogen-bond acceptors (Lipinski definition) is 3. The summed E-state index contributed by atoms with van der Waals surface area (Å²) in [6.45, 7) is 6.68. The molecule has 2 aliphatic rings. The SMILES string of the molecule is CC1(C)CCCC(N2CCOC(C(=O)O)C2)CC1. The topological polar surface area (TPSA) is 49.8 Å². The summed E-state index contributed by atoms with van der Waals surface area (Å²) in [6, 6.07) is 0.553. The largest absolute Gasteiger partial charge is 0.479 e. The molecule has 0 amide bonds. The summed E-state index contributed by atoms with van der Waals surface area (Å²) in [5.41, 5.74) is 0.452. The lowest BCUT2D eigenvalue weighted by atomic mass is 9.85. The molecule has 18 heavy (non-hydrogen) atoms. The smallest absolute Gasteiger partial charge is 0.334 e. The normalized spacial score (nSPS) is 33.9. The number of aliphatic carboxylic acids is 1. The molecular formula is C14H25NO3. The van der Waals surface area contributed by atoms with Gasteiger partial charge in [-0.05, 0) is 31.1 Å². The molecule has 4 heteroatoms. The number of rotatable bonds is 2. The molecule has 1 aliphatic carbocycles. The zero-order chi connectivity index (χ0) is 13.2. The van der Waals surface area contributed by atoms with Crippen molar-refractivity contribution in [1.29, 1.82) is 0 Å². The van der Waals surface area contributed by atoms with Crippen molar-refractivity contribution in [3.8, 4) is 0 Å². The van der Waals surface area contributed by atoms with Gasteiger partial charge in [-0.1, -0.05) is 20.3 Å². The van der Waals surface area contributed by atoms with Gasteiger partial charge in [0.15, 0.2) is 6.10 Å². The predicted molar refractivity (Wildman–Crippen MR) is 69.6 cm³/mol. The molecule has 1 N–H and O–H groups in total. The van der Waals surface area contributed by atoms with Gasteiger partial charge in [0.05, 0.1) is 6.61 Å². The number of morpholine rings is 1. The maximum atomic E-state index is 11.0. The molecule has 0 aromatic heterocycles. The van der Waals surface area contributed by atoms with E-state index in [4.69, 9.17) is 9.84 Å². The molecule has 2 unspecified atom stereocenters. The van der Waals surface area contributed by atoms with E-state index >= 15 is 0 Å². The van der Waals surface area contributed by atoms with Crippen LogP contribution in [0.2, 0.25) is 0 Å². The third-order valence-electron chi connectivity index (χ3n) is 4.43. The fourth-order valence-corrected chi connectivity index (χ4v) is 3.16. The van der Waals surface area contributed by atoms with Crippen molar-refractivity contribution < 1.29 is 14.6 Å². The van der Waals surface area contributed by atoms with E-state index in [1.807, 2.05) is 0 Å². The van der Waals surface area contributed by atoms with E-state index in [0.29, 0.717) is 24.6 Å². The summed E-state index contributed by atoms with van der Waals surface area (Å²) in [6.07, 6.45) is 5.56. The first-order chi connectivity index (χ1) is 8.48. The Bertz CT molecular complexity index is 303. The lowest BCUT2D eigenvalue weighted by Gasteiger charge is -2.36. The van der Waals surface area contributed by atoms with Gasteiger partial charge in [-0.3, -0.25) is 4.90 Å². The second-order valence-electron chi connectivity index (χ2n) is 6.44. The van der Waals surface area contributed by atoms with E-state index < -0.39 is 12.1 Å². The minimum Gasteiger partial charge on any atom is -0.479 e. The molecule has 1 aliphatic heterocycles. The van der Waals surface area contributed by atoms with Crippen LogP contribution in [0.4, 0.5) is 0 Å². The van der Waals surface area contributed by atoms with Gasteiger partial charge >= 0.3 is 5.97 Å². The van der Waals surface area contributed by atoms with Crippen LogP contribution in [0.3, 0.4) is 0 Å². The summed E-state index contributed by atoms with van der Waals surface area (Å²) in [5.74, 6) is -0.825. The Morgan fingerprint density at radius 2 is 2.11 bits per heavy atom. The molecule has 1 heterocycles. The van der Waals surface area contributed by atoms with Gasteiger partial charge in [-0.2, -0.15) is 0 Å². The average molecular weight is 255 g/mol. The maximum Gasteiger partial charge on any atom is 0.334 e. The minimum atomic E-state index is -0.825. The quantitative estimate of drug-likeness (QED) is 0.768. The van der Waals surface area contributed by atoms with Crippen LogP contribution in [0, 0.1) is 5.41 Å². The number of carboxylic acids is 1. The number of carboxylic acid groups (broad SMARTS) is 1. The van der Waals surface area contributed by atoms with Crippen LogP contribution in [-0.4, -0.2) is 47.8 Å². The van der Waals surface area contributed by atoms with Crippen molar-refractivity contribution in [1.82, 2.24) is 4.90 Å². The number of carbonyl (C=O) groups is 1. The van der Waals surface area contributed by atoms with Gasteiger partial charge in [0.1, 0.15) is 0 Å². The Hall–Kier alpha value is -0.610. The number of nitrogens with zero attached hydrogens (tertiary/aromatic N) is 1. The molecule has 0 aromatic rings. The molecule has 0 spiro atoms. The van der Waals surface area contributed by atoms with Crippen molar-refractivity contribution >= 4 is 5.97 Å². The Kier molecular flexibility index (Phi) is 4.28. The fraction of sp³-hybridized carbons (Fsp3) is 0.929. The standard InChI is InChI=1S/C14H25NO3/c1-14(2)6-3-4-11(5-7-14)15-8-9-18-12(10-15)13(16)17/h11-12H,3-10H2,1-2H3,(H,16,17). The zero-order valence-corrected chi connectivity index (χ0v) is 11.5. The Balaban J connectivity index is 1.92. The summed E-state index contributed by atoms with van der Waals surface area (Å²) in [4.78, 5) is 13.3. The second kappa shape index (κ2) is 5.57. The molecule has 0 radical (unpaired) electrons. The Morgan fingerprint density at radius 3 is 2.83 bits per heavy atom. The summed E-state index contributed by atoms with van der Waals surface area (Å²) >= 11 is 0. The van der Waals surface area contributed by atoms with Crippen LogP contribution in [0.1, 0.15) is 46.0 Å². The van der Waals surface area contributed by atoms with Gasteiger partial charge in [-0.25, -0.2) is 4.79 Å². The molecule has 1 saturated carbocycles. The van der Waals surface area contributed by atoms with Gasteiger partial charge < -0.3 is 9.84 Å². The third kappa shape index (κ3) is 3.45. The molecule has 4 nitrogen and oxygen atoms in total. The molecule has 0 aromatic carbocycles. The summed E-state index contributed by atoms with van der Waals surface area (Å²) in [7, 11) is 0. The first kappa shape index (κ1) is 13.8. The van der Waals surface area contributed by atoms with E-state index in [9.17, 15) is 4.79 Å². The van der Waals surface area contributed by atoms with Crippen LogP contribution < -0.4 is 0 Å². The number of ether oxygens (including phenoxy) is 1. The highest BCUT2D eigenvalue weighted by atomic mass is 16.5. The summed E-state index contributed by atoms with van der Waals surface area (Å²) in [5, 5.41) is 9.04. The van der Waals surface area contributed by atoms with E-state index in [0.717, 1.165) is 6.54 Å². The van der Waals surface area contributed by atoms with Crippen LogP contribution in [-0.2, 0) is 9.53 Å². The van der Waals surface area contributed by atoms with Crippen LogP contribution in [0.25, 0.3) is 0 Å². The summed E-state index contributed by atoms with van der Waals surface area (Å²) < 4.78 is 5.29. The number of hydrogen-bond donors (Lipinski definition) is 1. The van der Waals surface area contributed by atoms with Gasteiger partial charge in [-0.15, -0.1) is 0 Å². The molecule has 2 fully saturated rings. The van der Waals surface area contributed by atoms with Crippen LogP contribution in [0.15, 0.2) is 0 Å². The van der Waals surface area contributed by atoms with E-state index in [1.54, 1.807) is 0 Å². The van der Waals surface area contributed by atoms with Crippen molar-refractivity contribution in [3.63, 3.8) is 0 Å². The minimum absolute atomic E-state index is 0.452. The fourth-order valence-electron chi connectivity index (χ4n) is 3.16. The molecular weight excluding hydrogens is 230 g/mol. The van der Waals surface area contributed by atoms with Gasteiger partial charge in [0.2, 0.25) is 0 Å². The van der Waals surface area contributed by atoms with E-state index in [1.165, 1.54) is 32.1 Å². The monoisotopic (exact) mass is 255 g/mol. The van der Waals surface area contributed by atoms with Crippen LogP contribution >= 0.6 is 0 Å². The van der Waals surface area contributed by atoms with Gasteiger partial charge in [0.25, 0.3) is 0 Å². The first-order valence-corrected chi connectivity index (χ1v) is 7.06. The average Bonchev–Trinajstić information content (AvgIpc) is 2.50. The van der Waals surface area contributed by atoms with E-state index in [2.05, 4.69) is 18.7 Å². The first-order valence-electron chi connectivity index (χ1n) is 7.06. The molecule has 104 valence electrons. The lowest BCUT2D eigenvalue weighted by Crippen LogP contribution is -2.50. The highest BCUT2D eigenvalue weighted by Crippen LogP contribution is 2.35. The lowest BCUT2D eigenvalue weighted by molar-refractivity contribution is -0.157. The van der Waals surface area contributed by atoms with Crippen molar-refractivity contribution in [2.24, 2.45) is 5.41 Å². The predicted octanol–water partition coefficient (Wildman–Crippen LogP) is 2.13. The van der Waals surface area contributed by atoms with Crippen molar-refractivity contribution in [2.45, 2.75) is 58.1 Å². The highest BCUT2D eigenvalue weighted by molar-refractivity contribution is 5.72. The third-order valence-corrected chi connectivity index (χ3v) is 4.43. The second-order valence-corrected chi connectivity index (χ2v) is 6.44. The molecule has 1 saturated heterocycles. The molecule has 2 atom stereocenters. The Labute approximate surface area is 109 Å². The molecule has 2 rings (SSSR count). The van der Waals surface area contributed by atoms with Crippen LogP contribution in [0.5, 0.6) is 0 Å². The van der Waals surface area contributed by atoms with Crippen molar-refractivity contribution in [2.75, 3.05) is 19.7 Å². The Morgan fingerprint density at radius 1 is 1.33 bits per heavy atom. The highest BCUT2D eigenvalue weighted by Gasteiger charge is 2.32. The molecule has 0 bridgehead atoms. The van der Waals surface area contributed by atoms with Crippen molar-refractivity contribution in [3.05, 3.63) is 0 Å².